The van der Waals surface area contributed by atoms with Crippen LogP contribution in [0.25, 0.3) is 11.1 Å². The quantitative estimate of drug-likeness (QED) is 0.580. The van der Waals surface area contributed by atoms with Crippen molar-refractivity contribution in [1.29, 1.82) is 0 Å². The molecule has 1 aromatic heterocycles. The van der Waals surface area contributed by atoms with E-state index in [-0.39, 0.29) is 22.5 Å². The van der Waals surface area contributed by atoms with E-state index in [0.29, 0.717) is 31.6 Å². The highest BCUT2D eigenvalue weighted by Gasteiger charge is 2.31. The number of nitrogens with zero attached hydrogens (tertiary/aromatic N) is 1. The second-order valence-electron chi connectivity index (χ2n) is 6.23. The van der Waals surface area contributed by atoms with Gasteiger partial charge in [-0.1, -0.05) is 36.0 Å². The number of ether oxygens (including phenoxy) is 2. The molecule has 8 heteroatoms. The summed E-state index contributed by atoms with van der Waals surface area (Å²) in [5, 5.41) is 1.65. The van der Waals surface area contributed by atoms with Crippen molar-refractivity contribution in [3.63, 3.8) is 0 Å². The van der Waals surface area contributed by atoms with Crippen molar-refractivity contribution in [2.24, 2.45) is 0 Å². The van der Waals surface area contributed by atoms with Gasteiger partial charge in [0, 0.05) is 6.42 Å². The highest BCUT2D eigenvalue weighted by Crippen LogP contribution is 2.24. The van der Waals surface area contributed by atoms with Crippen LogP contribution in [0, 0.1) is 0 Å². The van der Waals surface area contributed by atoms with Crippen molar-refractivity contribution >= 4 is 34.0 Å². The third-order valence-corrected chi connectivity index (χ3v) is 5.15. The number of rotatable bonds is 8. The number of hydrogen-bond acceptors (Lipinski definition) is 7. The van der Waals surface area contributed by atoms with E-state index in [9.17, 15) is 9.59 Å². The lowest BCUT2D eigenvalue weighted by molar-refractivity contribution is -0.118. The summed E-state index contributed by atoms with van der Waals surface area (Å²) in [5.74, 6) is 0.513. The first kappa shape index (κ1) is 18.4. The number of nitrogens with one attached hydrogen (secondary N) is 1. The zero-order chi connectivity index (χ0) is 19.3. The molecule has 0 spiro atoms. The summed E-state index contributed by atoms with van der Waals surface area (Å²) in [6.07, 6.45) is 1.46. The van der Waals surface area contributed by atoms with E-state index in [1.165, 1.54) is 0 Å². The molecule has 1 N–H and O–H groups in total. The minimum atomic E-state index is -0.358. The fourth-order valence-corrected chi connectivity index (χ4v) is 3.64. The van der Waals surface area contributed by atoms with Crippen LogP contribution in [-0.2, 0) is 11.2 Å². The molecule has 28 heavy (non-hydrogen) atoms. The predicted octanol–water partition coefficient (Wildman–Crippen LogP) is 3.57. The molecule has 1 aliphatic rings. The predicted molar refractivity (Wildman–Crippen MR) is 105 cm³/mol. The smallest absolute Gasteiger partial charge is 0.394 e. The van der Waals surface area contributed by atoms with Gasteiger partial charge >= 0.3 is 6.08 Å². The topological polar surface area (TPSA) is 90.7 Å². The number of imide groups is 1. The number of benzene rings is 2. The van der Waals surface area contributed by atoms with E-state index in [1.54, 1.807) is 0 Å². The Morgan fingerprint density at radius 3 is 2.57 bits per heavy atom. The van der Waals surface area contributed by atoms with Gasteiger partial charge in [0.25, 0.3) is 5.24 Å². The number of hydrogen-bond donors (Lipinski definition) is 1. The van der Waals surface area contributed by atoms with Crippen molar-refractivity contribution in [1.82, 2.24) is 10.3 Å². The zero-order valence-electron chi connectivity index (χ0n) is 14.9. The molecular weight excluding hydrogens is 380 g/mol. The van der Waals surface area contributed by atoms with Crippen LogP contribution in [0.4, 0.5) is 4.79 Å². The molecule has 2 aromatic carbocycles. The highest BCUT2D eigenvalue weighted by molar-refractivity contribution is 8.15. The van der Waals surface area contributed by atoms with E-state index in [4.69, 9.17) is 13.9 Å². The van der Waals surface area contributed by atoms with Crippen molar-refractivity contribution in [2.45, 2.75) is 18.1 Å². The average Bonchev–Trinajstić information content (AvgIpc) is 3.24. The van der Waals surface area contributed by atoms with Crippen LogP contribution in [0.3, 0.4) is 0 Å². The van der Waals surface area contributed by atoms with Crippen molar-refractivity contribution in [2.75, 3.05) is 13.2 Å². The molecule has 0 aliphatic carbocycles. The van der Waals surface area contributed by atoms with Gasteiger partial charge in [-0.15, -0.1) is 0 Å². The molecule has 1 aliphatic heterocycles. The van der Waals surface area contributed by atoms with Gasteiger partial charge in [0.2, 0.25) is 5.91 Å². The molecule has 0 bridgehead atoms. The number of thioether (sulfide) groups is 1. The molecule has 2 amide bonds. The van der Waals surface area contributed by atoms with Gasteiger partial charge in [-0.05, 0) is 36.2 Å². The Balaban J connectivity index is 1.19. The van der Waals surface area contributed by atoms with Crippen LogP contribution in [0.2, 0.25) is 0 Å². The summed E-state index contributed by atoms with van der Waals surface area (Å²) >= 11 is 1.03. The summed E-state index contributed by atoms with van der Waals surface area (Å²) in [7, 11) is 0. The van der Waals surface area contributed by atoms with Gasteiger partial charge in [-0.3, -0.25) is 14.9 Å². The average molecular weight is 398 g/mol. The molecule has 7 nitrogen and oxygen atoms in total. The molecule has 1 fully saturated rings. The molecule has 0 radical (unpaired) electrons. The van der Waals surface area contributed by atoms with Crippen LogP contribution in [0.15, 0.2) is 52.9 Å². The van der Waals surface area contributed by atoms with Crippen molar-refractivity contribution < 1.29 is 23.5 Å². The first-order chi connectivity index (χ1) is 13.7. The molecule has 2 heterocycles. The van der Waals surface area contributed by atoms with Crippen LogP contribution < -0.4 is 14.8 Å². The summed E-state index contributed by atoms with van der Waals surface area (Å²) in [5.41, 5.74) is 2.45. The first-order valence-electron chi connectivity index (χ1n) is 8.89. The first-order valence-corrected chi connectivity index (χ1v) is 9.77. The Morgan fingerprint density at radius 1 is 1.04 bits per heavy atom. The fraction of sp³-hybridized carbons (Fsp3) is 0.250. The van der Waals surface area contributed by atoms with Crippen molar-refractivity contribution in [3.05, 3.63) is 54.1 Å². The van der Waals surface area contributed by atoms with Gasteiger partial charge in [0.1, 0.15) is 11.3 Å². The molecule has 1 atom stereocenters. The number of carbonyl (C=O) groups is 2. The van der Waals surface area contributed by atoms with Gasteiger partial charge in [0.15, 0.2) is 5.58 Å². The maximum absolute atomic E-state index is 11.6. The van der Waals surface area contributed by atoms with Gasteiger partial charge in [0.05, 0.1) is 18.5 Å². The third-order valence-electron chi connectivity index (χ3n) is 4.17. The lowest BCUT2D eigenvalue weighted by Crippen LogP contribution is -2.25. The SMILES string of the molecule is O=C1NC(=O)C(Cc2ccc(OCCCOc3nc4ccccc4o3)cc2)S1. The van der Waals surface area contributed by atoms with E-state index < -0.39 is 0 Å². The number of fused-ring (bicyclic) bond motifs is 1. The number of oxazole rings is 1. The maximum atomic E-state index is 11.6. The molecule has 0 saturated carbocycles. The molecule has 1 unspecified atom stereocenters. The van der Waals surface area contributed by atoms with Crippen LogP contribution in [-0.4, -0.2) is 34.6 Å². The molecular formula is C20H18N2O5S. The number of para-hydroxylation sites is 2. The van der Waals surface area contributed by atoms with E-state index in [0.717, 1.165) is 28.6 Å². The van der Waals surface area contributed by atoms with E-state index in [2.05, 4.69) is 10.3 Å². The monoisotopic (exact) mass is 398 g/mol. The number of amides is 2. The summed E-state index contributed by atoms with van der Waals surface area (Å²) in [6, 6.07) is 15.0. The Kier molecular flexibility index (Phi) is 5.48. The second-order valence-corrected chi connectivity index (χ2v) is 7.40. The fourth-order valence-electron chi connectivity index (χ4n) is 2.78. The largest absolute Gasteiger partial charge is 0.493 e. The lowest BCUT2D eigenvalue weighted by atomic mass is 10.1. The Bertz CT molecular complexity index is 953. The normalized spacial score (nSPS) is 16.4. The molecule has 1 saturated heterocycles. The Hall–Kier alpha value is -3.00. The minimum Gasteiger partial charge on any atom is -0.493 e. The lowest BCUT2D eigenvalue weighted by Gasteiger charge is -2.08. The highest BCUT2D eigenvalue weighted by atomic mass is 32.2. The molecule has 144 valence electrons. The van der Waals surface area contributed by atoms with Crippen molar-refractivity contribution in [3.8, 4) is 11.8 Å². The molecule has 3 aromatic rings. The van der Waals surface area contributed by atoms with Gasteiger partial charge < -0.3 is 13.9 Å². The maximum Gasteiger partial charge on any atom is 0.394 e. The van der Waals surface area contributed by atoms with Gasteiger partial charge in [-0.25, -0.2) is 0 Å². The minimum absolute atomic E-state index is 0.228. The number of carbonyl (C=O) groups excluding carboxylic acids is 2. The second kappa shape index (κ2) is 8.35. The van der Waals surface area contributed by atoms with E-state index in [1.807, 2.05) is 48.5 Å². The van der Waals surface area contributed by atoms with Crippen LogP contribution in [0.1, 0.15) is 12.0 Å². The zero-order valence-corrected chi connectivity index (χ0v) is 15.7. The summed E-state index contributed by atoms with van der Waals surface area (Å²) < 4.78 is 16.7. The Labute approximate surface area is 165 Å². The molecule has 4 rings (SSSR count). The summed E-state index contributed by atoms with van der Waals surface area (Å²) in [4.78, 5) is 27.1. The van der Waals surface area contributed by atoms with Gasteiger partial charge in [-0.2, -0.15) is 4.98 Å². The van der Waals surface area contributed by atoms with Crippen LogP contribution in [0.5, 0.6) is 11.8 Å². The number of aromatic nitrogens is 1. The van der Waals surface area contributed by atoms with E-state index >= 15 is 0 Å². The van der Waals surface area contributed by atoms with Crippen LogP contribution >= 0.6 is 11.8 Å². The Morgan fingerprint density at radius 2 is 1.82 bits per heavy atom. The standard InChI is InChI=1S/C20H18N2O5S/c23-18-17(28-19(24)22-18)12-13-6-8-14(9-7-13)25-10-3-11-26-20-21-15-4-1-2-5-16(15)27-20/h1-2,4-9,17H,3,10-12H2,(H,22,23,24). The third kappa shape index (κ3) is 4.45. The summed E-state index contributed by atoms with van der Waals surface area (Å²) in [6.45, 7) is 0.932.